The molecular weight excluding hydrogens is 357 g/mol. The molecule has 4 rings (SSSR count). The van der Waals surface area contributed by atoms with Crippen LogP contribution in [0.15, 0.2) is 72.8 Å². The third kappa shape index (κ3) is 3.07. The summed E-state index contributed by atoms with van der Waals surface area (Å²) in [5.74, 6) is -0.326. The normalized spacial score (nSPS) is 10.9. The van der Waals surface area contributed by atoms with Gasteiger partial charge in [0.05, 0.1) is 11.4 Å². The Morgan fingerprint density at radius 3 is 1.75 bits per heavy atom. The van der Waals surface area contributed by atoms with Gasteiger partial charge in [-0.05, 0) is 65.7 Å². The van der Waals surface area contributed by atoms with Gasteiger partial charge in [-0.1, -0.05) is 12.1 Å². The summed E-state index contributed by atoms with van der Waals surface area (Å²) in [6.07, 6.45) is 0. The number of hydrogen-bond donors (Lipinski definition) is 3. The first-order valence-electron chi connectivity index (χ1n) is 8.71. The Labute approximate surface area is 161 Å². The Morgan fingerprint density at radius 1 is 0.643 bits per heavy atom. The van der Waals surface area contributed by atoms with Crippen molar-refractivity contribution in [2.24, 2.45) is 7.05 Å². The first kappa shape index (κ1) is 17.7. The van der Waals surface area contributed by atoms with E-state index in [1.165, 1.54) is 6.07 Å². The SMILES string of the molecule is Cn1c(-c2ccc(O)cc2F)cc(-c2ccc(O)cc2)c1-c1ccc(O)cc1. The molecule has 4 nitrogen and oxygen atoms in total. The number of nitrogens with zero attached hydrogens (tertiary/aromatic N) is 1. The second kappa shape index (κ2) is 6.78. The Kier molecular flexibility index (Phi) is 4.28. The van der Waals surface area contributed by atoms with Crippen molar-refractivity contribution in [3.63, 3.8) is 0 Å². The lowest BCUT2D eigenvalue weighted by atomic mass is 10.0. The molecule has 1 heterocycles. The van der Waals surface area contributed by atoms with Crippen LogP contribution < -0.4 is 0 Å². The quantitative estimate of drug-likeness (QED) is 0.456. The smallest absolute Gasteiger partial charge is 0.136 e. The molecule has 140 valence electrons. The van der Waals surface area contributed by atoms with E-state index in [1.807, 2.05) is 17.7 Å². The molecule has 0 spiro atoms. The van der Waals surface area contributed by atoms with Crippen molar-refractivity contribution in [2.45, 2.75) is 0 Å². The van der Waals surface area contributed by atoms with Crippen molar-refractivity contribution < 1.29 is 19.7 Å². The highest BCUT2D eigenvalue weighted by atomic mass is 19.1. The van der Waals surface area contributed by atoms with Crippen molar-refractivity contribution in [1.82, 2.24) is 4.57 Å². The van der Waals surface area contributed by atoms with Gasteiger partial charge in [0.25, 0.3) is 0 Å². The number of benzene rings is 3. The summed E-state index contributed by atoms with van der Waals surface area (Å²) in [5, 5.41) is 28.8. The molecule has 3 aromatic carbocycles. The van der Waals surface area contributed by atoms with Crippen LogP contribution in [-0.4, -0.2) is 19.9 Å². The molecule has 0 aliphatic carbocycles. The fourth-order valence-corrected chi connectivity index (χ4v) is 3.40. The van der Waals surface area contributed by atoms with E-state index in [4.69, 9.17) is 0 Å². The first-order chi connectivity index (χ1) is 13.4. The number of hydrogen-bond acceptors (Lipinski definition) is 3. The van der Waals surface area contributed by atoms with Gasteiger partial charge in [-0.3, -0.25) is 0 Å². The van der Waals surface area contributed by atoms with Gasteiger partial charge in [-0.25, -0.2) is 4.39 Å². The maximum atomic E-state index is 14.5. The summed E-state index contributed by atoms with van der Waals surface area (Å²) in [6.45, 7) is 0. The molecule has 1 aromatic heterocycles. The van der Waals surface area contributed by atoms with Gasteiger partial charge >= 0.3 is 0 Å². The molecule has 0 atom stereocenters. The zero-order valence-electron chi connectivity index (χ0n) is 15.1. The van der Waals surface area contributed by atoms with Gasteiger partial charge in [0, 0.05) is 24.2 Å². The van der Waals surface area contributed by atoms with Crippen molar-refractivity contribution in [3.05, 3.63) is 78.6 Å². The standard InChI is InChI=1S/C23H18FNO3/c1-25-22(19-11-10-18(28)12-21(19)24)13-20(14-2-6-16(26)7-3-14)23(25)15-4-8-17(27)9-5-15/h2-13,26-28H,1H3. The zero-order valence-corrected chi connectivity index (χ0v) is 15.1. The van der Waals surface area contributed by atoms with Gasteiger partial charge in [0.1, 0.15) is 23.1 Å². The molecule has 5 heteroatoms. The molecule has 0 saturated carbocycles. The lowest BCUT2D eigenvalue weighted by Crippen LogP contribution is -1.96. The zero-order chi connectivity index (χ0) is 19.8. The largest absolute Gasteiger partial charge is 0.508 e. The van der Waals surface area contributed by atoms with E-state index >= 15 is 0 Å². The average molecular weight is 375 g/mol. The van der Waals surface area contributed by atoms with Crippen LogP contribution in [-0.2, 0) is 7.05 Å². The van der Waals surface area contributed by atoms with Crippen LogP contribution in [0.4, 0.5) is 4.39 Å². The second-order valence-corrected chi connectivity index (χ2v) is 6.61. The van der Waals surface area contributed by atoms with Crippen LogP contribution in [0.2, 0.25) is 0 Å². The lowest BCUT2D eigenvalue weighted by Gasteiger charge is -2.11. The van der Waals surface area contributed by atoms with Gasteiger partial charge in [0.2, 0.25) is 0 Å². The highest BCUT2D eigenvalue weighted by Gasteiger charge is 2.19. The summed E-state index contributed by atoms with van der Waals surface area (Å²) in [7, 11) is 1.84. The Bertz CT molecular complexity index is 1150. The summed E-state index contributed by atoms with van der Waals surface area (Å²) >= 11 is 0. The number of aromatic nitrogens is 1. The number of aromatic hydroxyl groups is 3. The Morgan fingerprint density at radius 2 is 1.18 bits per heavy atom. The van der Waals surface area contributed by atoms with Crippen molar-refractivity contribution in [3.8, 4) is 50.9 Å². The third-order valence-electron chi connectivity index (χ3n) is 4.78. The van der Waals surface area contributed by atoms with Crippen molar-refractivity contribution in [1.29, 1.82) is 0 Å². The Hall–Kier alpha value is -3.73. The van der Waals surface area contributed by atoms with Crippen LogP contribution >= 0.6 is 0 Å². The number of halogens is 1. The molecule has 0 amide bonds. The van der Waals surface area contributed by atoms with Crippen LogP contribution in [0.5, 0.6) is 17.2 Å². The topological polar surface area (TPSA) is 65.6 Å². The van der Waals surface area contributed by atoms with Crippen LogP contribution in [0.1, 0.15) is 0 Å². The molecule has 0 unspecified atom stereocenters. The highest BCUT2D eigenvalue weighted by molar-refractivity contribution is 5.87. The van der Waals surface area contributed by atoms with E-state index in [9.17, 15) is 19.7 Å². The third-order valence-corrected chi connectivity index (χ3v) is 4.78. The predicted molar refractivity (Wildman–Crippen MR) is 107 cm³/mol. The predicted octanol–water partition coefficient (Wildman–Crippen LogP) is 5.28. The fraction of sp³-hybridized carbons (Fsp3) is 0.0435. The summed E-state index contributed by atoms with van der Waals surface area (Å²) in [6, 6.07) is 19.6. The molecule has 28 heavy (non-hydrogen) atoms. The van der Waals surface area contributed by atoms with E-state index in [0.717, 1.165) is 28.5 Å². The minimum atomic E-state index is -0.518. The fourth-order valence-electron chi connectivity index (χ4n) is 3.40. The van der Waals surface area contributed by atoms with Crippen LogP contribution in [0.3, 0.4) is 0 Å². The number of rotatable bonds is 3. The molecule has 0 aliphatic rings. The highest BCUT2D eigenvalue weighted by Crippen LogP contribution is 2.40. The van der Waals surface area contributed by atoms with E-state index in [1.54, 1.807) is 54.6 Å². The number of phenolic OH excluding ortho intramolecular Hbond substituents is 3. The lowest BCUT2D eigenvalue weighted by molar-refractivity contribution is 0.469. The molecule has 0 bridgehead atoms. The summed E-state index contributed by atoms with van der Waals surface area (Å²) in [4.78, 5) is 0. The van der Waals surface area contributed by atoms with Gasteiger partial charge < -0.3 is 19.9 Å². The molecule has 0 aliphatic heterocycles. The second-order valence-electron chi connectivity index (χ2n) is 6.61. The summed E-state index contributed by atoms with van der Waals surface area (Å²) < 4.78 is 16.4. The van der Waals surface area contributed by atoms with Crippen LogP contribution in [0.25, 0.3) is 33.6 Å². The van der Waals surface area contributed by atoms with Crippen molar-refractivity contribution in [2.75, 3.05) is 0 Å². The van der Waals surface area contributed by atoms with Crippen LogP contribution in [0, 0.1) is 5.82 Å². The van der Waals surface area contributed by atoms with E-state index in [0.29, 0.717) is 11.3 Å². The van der Waals surface area contributed by atoms with Gasteiger partial charge in [-0.2, -0.15) is 0 Å². The van der Waals surface area contributed by atoms with E-state index in [2.05, 4.69) is 0 Å². The van der Waals surface area contributed by atoms with Crippen molar-refractivity contribution >= 4 is 0 Å². The van der Waals surface area contributed by atoms with Gasteiger partial charge in [0.15, 0.2) is 0 Å². The molecule has 0 fully saturated rings. The maximum absolute atomic E-state index is 14.5. The maximum Gasteiger partial charge on any atom is 0.136 e. The molecule has 0 radical (unpaired) electrons. The summed E-state index contributed by atoms with van der Waals surface area (Å²) in [5.41, 5.74) is 4.42. The van der Waals surface area contributed by atoms with Gasteiger partial charge in [-0.15, -0.1) is 0 Å². The molecule has 4 aromatic rings. The monoisotopic (exact) mass is 375 g/mol. The number of phenols is 3. The minimum Gasteiger partial charge on any atom is -0.508 e. The molecule has 0 saturated heterocycles. The molecular formula is C23H18FNO3. The van der Waals surface area contributed by atoms with E-state index in [-0.39, 0.29) is 17.2 Å². The Balaban J connectivity index is 1.98. The minimum absolute atomic E-state index is 0.132. The average Bonchev–Trinajstić information content (AvgIpc) is 3.00. The first-order valence-corrected chi connectivity index (χ1v) is 8.71. The van der Waals surface area contributed by atoms with E-state index < -0.39 is 5.82 Å². The molecule has 3 N–H and O–H groups in total.